The molecule has 0 aliphatic carbocycles. The third kappa shape index (κ3) is 4.60. The Hall–Kier alpha value is 0.170. The second-order valence-electron chi connectivity index (χ2n) is 3.86. The first-order valence-electron chi connectivity index (χ1n) is 5.18. The van der Waals surface area contributed by atoms with Crippen LogP contribution in [0.1, 0.15) is 32.1 Å². The Morgan fingerprint density at radius 2 is 2.21 bits per heavy atom. The lowest BCUT2D eigenvalue weighted by Crippen LogP contribution is -2.21. The first-order valence-corrected chi connectivity index (χ1v) is 7.57. The van der Waals surface area contributed by atoms with Gasteiger partial charge in [-0.05, 0) is 19.3 Å². The number of carbonyl (C=O) groups excluding carboxylic acids is 1. The van der Waals surface area contributed by atoms with E-state index in [1.54, 1.807) is 4.90 Å². The van der Waals surface area contributed by atoms with Crippen molar-refractivity contribution in [2.75, 3.05) is 19.8 Å². The average Bonchev–Trinajstić information content (AvgIpc) is 2.64. The number of hydrogen-bond donors (Lipinski definition) is 0. The minimum atomic E-state index is 0.262. The maximum absolute atomic E-state index is 11.3. The molecule has 0 aromatic heterocycles. The fraction of sp³-hybridized carbons (Fsp3) is 0.900. The number of carbonyl (C=O) groups is 1. The van der Waals surface area contributed by atoms with Crippen LogP contribution in [0.4, 0.5) is 0 Å². The van der Waals surface area contributed by atoms with Gasteiger partial charge in [-0.3, -0.25) is 4.79 Å². The van der Waals surface area contributed by atoms with E-state index in [0.29, 0.717) is 0 Å². The van der Waals surface area contributed by atoms with E-state index in [0.717, 1.165) is 18.1 Å². The molecule has 1 atom stereocenters. The molecule has 0 saturated carbocycles. The van der Waals surface area contributed by atoms with Crippen molar-refractivity contribution in [1.82, 2.24) is 4.90 Å². The summed E-state index contributed by atoms with van der Waals surface area (Å²) >= 11 is 0. The van der Waals surface area contributed by atoms with E-state index in [4.69, 9.17) is 0 Å². The number of amides is 1. The van der Waals surface area contributed by atoms with E-state index in [9.17, 15) is 4.79 Å². The van der Waals surface area contributed by atoms with Gasteiger partial charge >= 0.3 is 0 Å². The molecule has 0 bridgehead atoms. The van der Waals surface area contributed by atoms with Gasteiger partial charge in [0.2, 0.25) is 5.91 Å². The van der Waals surface area contributed by atoms with Crippen molar-refractivity contribution in [3.63, 3.8) is 0 Å². The number of nitrogens with zero attached hydrogens (tertiary/aromatic N) is 1. The van der Waals surface area contributed by atoms with Crippen LogP contribution in [0.5, 0.6) is 0 Å². The van der Waals surface area contributed by atoms with E-state index < -0.39 is 0 Å². The molecule has 0 spiro atoms. The number of hydrogen-bond acceptors (Lipinski definition) is 3. The summed E-state index contributed by atoms with van der Waals surface area (Å²) in [5, 5.41) is 0.856. The molecule has 0 radical (unpaired) electrons. The summed E-state index contributed by atoms with van der Waals surface area (Å²) < 4.78 is 0. The summed E-state index contributed by atoms with van der Waals surface area (Å²) in [5.74, 6) is 1.57. The van der Waals surface area contributed by atoms with Gasteiger partial charge in [0.05, 0.1) is 0 Å². The van der Waals surface area contributed by atoms with Gasteiger partial charge in [0, 0.05) is 31.5 Å². The summed E-state index contributed by atoms with van der Waals surface area (Å²) in [5.41, 5.74) is 0. The van der Waals surface area contributed by atoms with E-state index in [-0.39, 0.29) is 5.91 Å². The van der Waals surface area contributed by atoms with Crippen LogP contribution in [0.15, 0.2) is 0 Å². The molecule has 1 amide bonds. The van der Waals surface area contributed by atoms with Gasteiger partial charge in [0.15, 0.2) is 0 Å². The fourth-order valence-electron chi connectivity index (χ4n) is 1.44. The summed E-state index contributed by atoms with van der Waals surface area (Å²) in [6.45, 7) is 0. The lowest BCUT2D eigenvalue weighted by atomic mass is 10.1. The van der Waals surface area contributed by atoms with Crippen molar-refractivity contribution >= 4 is 27.5 Å². The molecular weight excluding hydrogens is 214 g/mol. The fourth-order valence-corrected chi connectivity index (χ4v) is 4.46. The standard InChI is InChI=1S/C10H19NOS2/c1-11(2)10(12)6-4-3-5-9-7-8-13-14-9/h9H,3-8H2,1-2H3/t9-/m1/s1. The SMILES string of the molecule is CN(C)C(=O)CCCC[C@@H]1CCSS1. The van der Waals surface area contributed by atoms with E-state index in [1.807, 2.05) is 35.7 Å². The average molecular weight is 233 g/mol. The van der Waals surface area contributed by atoms with Crippen molar-refractivity contribution in [1.29, 1.82) is 0 Å². The third-order valence-electron chi connectivity index (χ3n) is 2.39. The molecule has 1 rings (SSSR count). The van der Waals surface area contributed by atoms with Crippen molar-refractivity contribution in [2.45, 2.75) is 37.4 Å². The molecule has 0 aromatic carbocycles. The Morgan fingerprint density at radius 3 is 2.79 bits per heavy atom. The molecule has 1 aliphatic rings. The summed E-state index contributed by atoms with van der Waals surface area (Å²) in [6.07, 6.45) is 5.63. The van der Waals surface area contributed by atoms with Gasteiger partial charge in [-0.25, -0.2) is 0 Å². The van der Waals surface area contributed by atoms with Crippen LogP contribution in [-0.4, -0.2) is 35.9 Å². The maximum atomic E-state index is 11.3. The zero-order valence-electron chi connectivity index (χ0n) is 8.99. The predicted molar refractivity (Wildman–Crippen MR) is 65.6 cm³/mol. The highest BCUT2D eigenvalue weighted by atomic mass is 33.1. The van der Waals surface area contributed by atoms with Crippen LogP contribution < -0.4 is 0 Å². The highest BCUT2D eigenvalue weighted by molar-refractivity contribution is 8.77. The summed E-state index contributed by atoms with van der Waals surface area (Å²) in [7, 11) is 7.67. The molecule has 1 aliphatic heterocycles. The lowest BCUT2D eigenvalue weighted by molar-refractivity contribution is -0.128. The number of rotatable bonds is 5. The predicted octanol–water partition coefficient (Wildman–Crippen LogP) is 2.79. The molecular formula is C10H19NOS2. The monoisotopic (exact) mass is 233 g/mol. The Balaban J connectivity index is 1.96. The largest absolute Gasteiger partial charge is 0.349 e. The van der Waals surface area contributed by atoms with Gasteiger partial charge < -0.3 is 4.90 Å². The van der Waals surface area contributed by atoms with E-state index in [1.165, 1.54) is 25.0 Å². The van der Waals surface area contributed by atoms with Gasteiger partial charge in [0.25, 0.3) is 0 Å². The van der Waals surface area contributed by atoms with Crippen LogP contribution >= 0.6 is 21.6 Å². The molecule has 82 valence electrons. The Morgan fingerprint density at radius 1 is 1.43 bits per heavy atom. The van der Waals surface area contributed by atoms with E-state index >= 15 is 0 Å². The molecule has 4 heteroatoms. The first-order chi connectivity index (χ1) is 6.70. The van der Waals surface area contributed by atoms with E-state index in [2.05, 4.69) is 0 Å². The minimum absolute atomic E-state index is 0.262. The van der Waals surface area contributed by atoms with Gasteiger partial charge in [-0.15, -0.1) is 0 Å². The lowest BCUT2D eigenvalue weighted by Gasteiger charge is -2.10. The molecule has 14 heavy (non-hydrogen) atoms. The summed E-state index contributed by atoms with van der Waals surface area (Å²) in [4.78, 5) is 12.9. The summed E-state index contributed by atoms with van der Waals surface area (Å²) in [6, 6.07) is 0. The van der Waals surface area contributed by atoms with Crippen molar-refractivity contribution in [2.24, 2.45) is 0 Å². The third-order valence-corrected chi connectivity index (χ3v) is 5.40. The molecule has 1 heterocycles. The molecule has 1 saturated heterocycles. The molecule has 0 unspecified atom stereocenters. The quantitative estimate of drug-likeness (QED) is 0.538. The Kier molecular flexibility index (Phi) is 5.78. The van der Waals surface area contributed by atoms with Crippen LogP contribution in [0.2, 0.25) is 0 Å². The Bertz CT molecular complexity index is 179. The first kappa shape index (κ1) is 12.2. The second-order valence-corrected chi connectivity index (χ2v) is 6.65. The maximum Gasteiger partial charge on any atom is 0.222 e. The van der Waals surface area contributed by atoms with Gasteiger partial charge in [-0.2, -0.15) is 0 Å². The van der Waals surface area contributed by atoms with Crippen LogP contribution in [0.3, 0.4) is 0 Å². The van der Waals surface area contributed by atoms with Gasteiger partial charge in [0.1, 0.15) is 0 Å². The normalized spacial score (nSPS) is 21.1. The van der Waals surface area contributed by atoms with Crippen LogP contribution in [0.25, 0.3) is 0 Å². The number of unbranched alkanes of at least 4 members (excludes halogenated alkanes) is 1. The topological polar surface area (TPSA) is 20.3 Å². The molecule has 0 aromatic rings. The smallest absolute Gasteiger partial charge is 0.222 e. The van der Waals surface area contributed by atoms with Gasteiger partial charge in [-0.1, -0.05) is 28.0 Å². The molecule has 0 N–H and O–H groups in total. The van der Waals surface area contributed by atoms with Crippen molar-refractivity contribution < 1.29 is 4.79 Å². The molecule has 1 fully saturated rings. The molecule has 2 nitrogen and oxygen atoms in total. The minimum Gasteiger partial charge on any atom is -0.349 e. The zero-order valence-corrected chi connectivity index (χ0v) is 10.6. The second kappa shape index (κ2) is 6.62. The zero-order chi connectivity index (χ0) is 10.4. The highest BCUT2D eigenvalue weighted by Crippen LogP contribution is 2.39. The van der Waals surface area contributed by atoms with Crippen molar-refractivity contribution in [3.05, 3.63) is 0 Å². The highest BCUT2D eigenvalue weighted by Gasteiger charge is 2.15. The van der Waals surface area contributed by atoms with Crippen molar-refractivity contribution in [3.8, 4) is 0 Å². The van der Waals surface area contributed by atoms with Crippen LogP contribution in [0, 0.1) is 0 Å². The van der Waals surface area contributed by atoms with Crippen LogP contribution in [-0.2, 0) is 4.79 Å². The Labute approximate surface area is 94.6 Å².